The van der Waals surface area contributed by atoms with Crippen molar-refractivity contribution in [1.29, 1.82) is 0 Å². The van der Waals surface area contributed by atoms with Crippen LogP contribution in [0.4, 0.5) is 5.82 Å². The van der Waals surface area contributed by atoms with Crippen LogP contribution >= 0.6 is 15.9 Å². The number of fused-ring (bicyclic) bond motifs is 1. The van der Waals surface area contributed by atoms with Crippen molar-refractivity contribution in [2.75, 3.05) is 18.1 Å². The highest BCUT2D eigenvalue weighted by Crippen LogP contribution is 2.38. The van der Waals surface area contributed by atoms with Crippen LogP contribution in [-0.4, -0.2) is 27.4 Å². The number of halogens is 1. The zero-order valence-corrected chi connectivity index (χ0v) is 19.9. The van der Waals surface area contributed by atoms with E-state index in [1.807, 2.05) is 24.3 Å². The van der Waals surface area contributed by atoms with Crippen LogP contribution in [0, 0.1) is 13.8 Å². The zero-order valence-electron chi connectivity index (χ0n) is 17.5. The third kappa shape index (κ3) is 3.80. The first-order chi connectivity index (χ1) is 14.9. The average Bonchev–Trinajstić information content (AvgIpc) is 3.39. The normalized spacial score (nSPS) is 13.4. The summed E-state index contributed by atoms with van der Waals surface area (Å²) in [4.78, 5) is 0.174. The molecular formula is C22H23BrN2O5S. The van der Waals surface area contributed by atoms with Crippen molar-refractivity contribution in [2.24, 2.45) is 0 Å². The van der Waals surface area contributed by atoms with Crippen molar-refractivity contribution in [3.05, 3.63) is 64.4 Å². The maximum atomic E-state index is 13.8. The summed E-state index contributed by atoms with van der Waals surface area (Å²) >= 11 is 3.52. The van der Waals surface area contributed by atoms with E-state index in [1.165, 1.54) is 7.11 Å². The van der Waals surface area contributed by atoms with E-state index in [0.29, 0.717) is 35.4 Å². The number of anilines is 1. The van der Waals surface area contributed by atoms with Gasteiger partial charge in [-0.15, -0.1) is 0 Å². The van der Waals surface area contributed by atoms with Crippen LogP contribution in [0.15, 0.2) is 45.8 Å². The second-order valence-corrected chi connectivity index (χ2v) is 9.70. The quantitative estimate of drug-likeness (QED) is 0.341. The maximum absolute atomic E-state index is 13.8. The van der Waals surface area contributed by atoms with Gasteiger partial charge in [0.05, 0.1) is 18.1 Å². The van der Waals surface area contributed by atoms with Crippen LogP contribution in [0.1, 0.15) is 28.0 Å². The molecule has 0 radical (unpaired) electrons. The van der Waals surface area contributed by atoms with E-state index in [2.05, 4.69) is 21.1 Å². The van der Waals surface area contributed by atoms with Gasteiger partial charge in [0.1, 0.15) is 12.5 Å². The summed E-state index contributed by atoms with van der Waals surface area (Å²) < 4.78 is 44.9. The predicted octanol–water partition coefficient (Wildman–Crippen LogP) is 4.68. The van der Waals surface area contributed by atoms with Gasteiger partial charge in [-0.2, -0.15) is 0 Å². The van der Waals surface area contributed by atoms with Crippen molar-refractivity contribution in [1.82, 2.24) is 5.16 Å². The van der Waals surface area contributed by atoms with Gasteiger partial charge < -0.3 is 14.0 Å². The molecule has 0 N–H and O–H groups in total. The molecule has 4 rings (SSSR count). The highest BCUT2D eigenvalue weighted by Gasteiger charge is 2.32. The maximum Gasteiger partial charge on any atom is 0.268 e. The third-order valence-corrected chi connectivity index (χ3v) is 7.90. The van der Waals surface area contributed by atoms with Gasteiger partial charge in [0, 0.05) is 23.6 Å². The molecule has 0 bridgehead atoms. The molecule has 0 saturated heterocycles. The van der Waals surface area contributed by atoms with E-state index >= 15 is 0 Å². The highest BCUT2D eigenvalue weighted by atomic mass is 79.9. The Morgan fingerprint density at radius 2 is 1.84 bits per heavy atom. The number of ether oxygens (including phenoxy) is 2. The lowest BCUT2D eigenvalue weighted by molar-refractivity contribution is 0.134. The Bertz CT molecular complexity index is 1220. The predicted molar refractivity (Wildman–Crippen MR) is 121 cm³/mol. The molecule has 2 aromatic carbocycles. The first-order valence-electron chi connectivity index (χ1n) is 9.71. The van der Waals surface area contributed by atoms with E-state index in [1.54, 1.807) is 26.0 Å². The summed E-state index contributed by atoms with van der Waals surface area (Å²) in [6, 6.07) is 11.0. The molecule has 0 saturated carbocycles. The molecule has 7 nitrogen and oxygen atoms in total. The fraction of sp³-hybridized carbons (Fsp3) is 0.318. The van der Waals surface area contributed by atoms with Crippen LogP contribution in [-0.2, 0) is 38.0 Å². The first-order valence-corrected chi connectivity index (χ1v) is 12.3. The van der Waals surface area contributed by atoms with Crippen molar-refractivity contribution < 1.29 is 22.4 Å². The number of hydrogen-bond acceptors (Lipinski definition) is 6. The molecular weight excluding hydrogens is 484 g/mol. The minimum absolute atomic E-state index is 0.174. The smallest absolute Gasteiger partial charge is 0.268 e. The van der Waals surface area contributed by atoms with E-state index in [-0.39, 0.29) is 17.4 Å². The number of rotatable bonds is 7. The average molecular weight is 507 g/mol. The molecule has 164 valence electrons. The molecule has 3 aromatic rings. The lowest BCUT2D eigenvalue weighted by Gasteiger charge is -2.23. The van der Waals surface area contributed by atoms with Crippen LogP contribution in [0.2, 0.25) is 0 Å². The van der Waals surface area contributed by atoms with Crippen LogP contribution in [0.25, 0.3) is 11.1 Å². The molecule has 0 aliphatic carbocycles. The Labute approximate surface area is 190 Å². The van der Waals surface area contributed by atoms with E-state index in [0.717, 1.165) is 26.6 Å². The van der Waals surface area contributed by atoms with Gasteiger partial charge in [-0.3, -0.25) is 0 Å². The van der Waals surface area contributed by atoms with Crippen LogP contribution in [0.5, 0.6) is 0 Å². The summed E-state index contributed by atoms with van der Waals surface area (Å²) in [5.41, 5.74) is 5.39. The molecule has 1 aliphatic heterocycles. The van der Waals surface area contributed by atoms with Crippen molar-refractivity contribution in [2.45, 2.75) is 37.3 Å². The van der Waals surface area contributed by atoms with Gasteiger partial charge in [-0.1, -0.05) is 51.4 Å². The second kappa shape index (κ2) is 8.74. The van der Waals surface area contributed by atoms with E-state index < -0.39 is 10.0 Å². The summed E-state index contributed by atoms with van der Waals surface area (Å²) in [7, 11) is -2.56. The van der Waals surface area contributed by atoms with E-state index in [9.17, 15) is 8.42 Å². The fourth-order valence-corrected chi connectivity index (χ4v) is 5.86. The number of aryl methyl sites for hydroxylation is 1. The van der Waals surface area contributed by atoms with E-state index in [4.69, 9.17) is 14.0 Å². The number of nitrogens with zero attached hydrogens (tertiary/aromatic N) is 2. The van der Waals surface area contributed by atoms with Gasteiger partial charge in [0.15, 0.2) is 5.82 Å². The lowest BCUT2D eigenvalue weighted by atomic mass is 9.94. The standard InChI is InChI=1S/C22H23BrN2O5S/c1-14-15(2)30-24-22(14)25(13-28-3)31(26,27)21-7-5-4-6-18(21)17-9-8-16(10-23)19-11-29-12-20(17)19/h4-9H,10-13H2,1-3H3. The zero-order chi connectivity index (χ0) is 22.2. The molecule has 2 heterocycles. The molecule has 0 unspecified atom stereocenters. The van der Waals surface area contributed by atoms with Crippen molar-refractivity contribution in [3.8, 4) is 11.1 Å². The minimum atomic E-state index is -4.00. The topological polar surface area (TPSA) is 81.9 Å². The van der Waals surface area contributed by atoms with Gasteiger partial charge in [-0.05, 0) is 42.2 Å². The molecule has 1 aliphatic rings. The summed E-state index contributed by atoms with van der Waals surface area (Å²) in [6.45, 7) is 4.29. The van der Waals surface area contributed by atoms with Gasteiger partial charge in [0.2, 0.25) is 0 Å². The molecule has 9 heteroatoms. The van der Waals surface area contributed by atoms with Crippen LogP contribution < -0.4 is 4.31 Å². The van der Waals surface area contributed by atoms with Gasteiger partial charge in [-0.25, -0.2) is 12.7 Å². The minimum Gasteiger partial charge on any atom is -0.372 e. The molecule has 1 aromatic heterocycles. The van der Waals surface area contributed by atoms with Gasteiger partial charge >= 0.3 is 0 Å². The Morgan fingerprint density at radius 1 is 1.10 bits per heavy atom. The molecule has 0 amide bonds. The SMILES string of the molecule is COCN(c1noc(C)c1C)S(=O)(=O)c1ccccc1-c1ccc(CBr)c2c1COC2. The first kappa shape index (κ1) is 22.0. The number of alkyl halides is 1. The highest BCUT2D eigenvalue weighted by molar-refractivity contribution is 9.08. The summed E-state index contributed by atoms with van der Waals surface area (Å²) in [5.74, 6) is 0.775. The summed E-state index contributed by atoms with van der Waals surface area (Å²) in [6.07, 6.45) is 0. The number of hydrogen-bond donors (Lipinski definition) is 0. The number of aromatic nitrogens is 1. The Morgan fingerprint density at radius 3 is 2.52 bits per heavy atom. The molecule has 0 spiro atoms. The molecule has 31 heavy (non-hydrogen) atoms. The van der Waals surface area contributed by atoms with Crippen molar-refractivity contribution in [3.63, 3.8) is 0 Å². The number of methoxy groups -OCH3 is 1. The number of benzene rings is 2. The molecule has 0 atom stereocenters. The Hall–Kier alpha value is -2.20. The lowest BCUT2D eigenvalue weighted by Crippen LogP contribution is -2.34. The number of sulfonamides is 1. The fourth-order valence-electron chi connectivity index (χ4n) is 3.75. The third-order valence-electron chi connectivity index (χ3n) is 5.53. The Kier molecular flexibility index (Phi) is 6.20. The van der Waals surface area contributed by atoms with Crippen LogP contribution in [0.3, 0.4) is 0 Å². The molecule has 0 fully saturated rings. The van der Waals surface area contributed by atoms with Crippen molar-refractivity contribution >= 4 is 31.8 Å². The van der Waals surface area contributed by atoms with Gasteiger partial charge in [0.25, 0.3) is 10.0 Å². The monoisotopic (exact) mass is 506 g/mol. The largest absolute Gasteiger partial charge is 0.372 e. The summed E-state index contributed by atoms with van der Waals surface area (Å²) in [5, 5.41) is 4.69. The second-order valence-electron chi connectivity index (χ2n) is 7.31. The Balaban J connectivity index is 1.89.